The van der Waals surface area contributed by atoms with Crippen LogP contribution >= 0.6 is 0 Å². The molecule has 0 aliphatic carbocycles. The van der Waals surface area contributed by atoms with Crippen LogP contribution in [0.3, 0.4) is 0 Å². The summed E-state index contributed by atoms with van der Waals surface area (Å²) in [6.45, 7) is 6.29. The van der Waals surface area contributed by atoms with Gasteiger partial charge in [-0.1, -0.05) is 6.92 Å². The van der Waals surface area contributed by atoms with Crippen LogP contribution < -0.4 is 10.5 Å². The van der Waals surface area contributed by atoms with Crippen molar-refractivity contribution >= 4 is 17.1 Å². The van der Waals surface area contributed by atoms with E-state index in [1.54, 1.807) is 7.11 Å². The zero-order valence-corrected chi connectivity index (χ0v) is 10.6. The first-order valence-electron chi connectivity index (χ1n) is 5.54. The van der Waals surface area contributed by atoms with Crippen LogP contribution in [0.2, 0.25) is 0 Å². The first-order chi connectivity index (χ1) is 8.01. The van der Waals surface area contributed by atoms with E-state index in [1.165, 1.54) is 6.33 Å². The summed E-state index contributed by atoms with van der Waals surface area (Å²) in [5.41, 5.74) is 7.14. The van der Waals surface area contributed by atoms with E-state index >= 15 is 0 Å². The van der Waals surface area contributed by atoms with Crippen LogP contribution in [0.1, 0.15) is 27.2 Å². The lowest BCUT2D eigenvalue weighted by molar-refractivity contribution is 0.355. The van der Waals surface area contributed by atoms with Gasteiger partial charge in [0.15, 0.2) is 11.2 Å². The molecule has 2 aromatic rings. The molecule has 0 spiro atoms. The molecule has 6 heteroatoms. The highest BCUT2D eigenvalue weighted by atomic mass is 16.5. The van der Waals surface area contributed by atoms with E-state index in [2.05, 4.69) is 35.7 Å². The fourth-order valence-corrected chi connectivity index (χ4v) is 1.79. The van der Waals surface area contributed by atoms with Crippen molar-refractivity contribution < 1.29 is 4.74 Å². The summed E-state index contributed by atoms with van der Waals surface area (Å²) in [6, 6.07) is 0. The molecule has 0 amide bonds. The van der Waals surface area contributed by atoms with Crippen LogP contribution in [0.5, 0.6) is 5.88 Å². The van der Waals surface area contributed by atoms with Crippen molar-refractivity contribution in [2.24, 2.45) is 0 Å². The quantitative estimate of drug-likeness (QED) is 0.873. The predicted molar refractivity (Wildman–Crippen MR) is 65.9 cm³/mol. The second kappa shape index (κ2) is 3.87. The maximum Gasteiger partial charge on any atom is 0.245 e. The van der Waals surface area contributed by atoms with E-state index in [-0.39, 0.29) is 5.54 Å². The molecular formula is C11H17N5O. The van der Waals surface area contributed by atoms with Gasteiger partial charge in [-0.3, -0.25) is 4.57 Å². The first kappa shape index (κ1) is 11.6. The van der Waals surface area contributed by atoms with Gasteiger partial charge in [-0.25, -0.2) is 9.97 Å². The number of hydrogen-bond acceptors (Lipinski definition) is 5. The van der Waals surface area contributed by atoms with Gasteiger partial charge in [0.25, 0.3) is 0 Å². The number of methoxy groups -OCH3 is 1. The number of ether oxygens (including phenoxy) is 1. The Labute approximate surface area is 99.8 Å². The van der Waals surface area contributed by atoms with E-state index in [0.29, 0.717) is 23.0 Å². The number of imidazole rings is 1. The summed E-state index contributed by atoms with van der Waals surface area (Å²) in [4.78, 5) is 12.6. The second-order valence-corrected chi connectivity index (χ2v) is 4.53. The number of hydrogen-bond donors (Lipinski definition) is 1. The lowest BCUT2D eigenvalue weighted by Crippen LogP contribution is -2.26. The Morgan fingerprint density at radius 3 is 2.71 bits per heavy atom. The highest BCUT2D eigenvalue weighted by Crippen LogP contribution is 2.30. The van der Waals surface area contributed by atoms with Gasteiger partial charge in [-0.2, -0.15) is 4.98 Å². The zero-order valence-electron chi connectivity index (χ0n) is 10.6. The largest absolute Gasteiger partial charge is 0.479 e. The van der Waals surface area contributed by atoms with Crippen LogP contribution in [0, 0.1) is 0 Å². The van der Waals surface area contributed by atoms with Crippen LogP contribution in [-0.4, -0.2) is 26.6 Å². The summed E-state index contributed by atoms with van der Waals surface area (Å²) < 4.78 is 7.08. The average molecular weight is 235 g/mol. The Kier molecular flexibility index (Phi) is 2.65. The van der Waals surface area contributed by atoms with Gasteiger partial charge in [0.05, 0.1) is 7.11 Å². The number of nitrogen functional groups attached to an aromatic ring is 1. The Bertz CT molecular complexity index is 546. The van der Waals surface area contributed by atoms with E-state index < -0.39 is 0 Å². The van der Waals surface area contributed by atoms with Crippen LogP contribution in [0.25, 0.3) is 11.2 Å². The normalized spacial score (nSPS) is 12.0. The molecule has 0 saturated heterocycles. The van der Waals surface area contributed by atoms with Gasteiger partial charge in [0.2, 0.25) is 11.8 Å². The van der Waals surface area contributed by atoms with Gasteiger partial charge in [0.1, 0.15) is 6.33 Å². The number of fused-ring (bicyclic) bond motifs is 1. The third-order valence-corrected chi connectivity index (χ3v) is 3.10. The highest BCUT2D eigenvalue weighted by molar-refractivity contribution is 5.79. The molecule has 2 heterocycles. The number of nitrogens with two attached hydrogens (primary N) is 1. The van der Waals surface area contributed by atoms with Crippen molar-refractivity contribution in [1.82, 2.24) is 19.5 Å². The number of rotatable bonds is 3. The molecule has 0 atom stereocenters. The third kappa shape index (κ3) is 1.69. The Hall–Kier alpha value is -1.85. The van der Waals surface area contributed by atoms with E-state index in [0.717, 1.165) is 6.42 Å². The minimum Gasteiger partial charge on any atom is -0.479 e. The maximum absolute atomic E-state index is 5.97. The Morgan fingerprint density at radius 1 is 1.41 bits per heavy atom. The van der Waals surface area contributed by atoms with Crippen molar-refractivity contribution in [1.29, 1.82) is 0 Å². The van der Waals surface area contributed by atoms with Crippen molar-refractivity contribution in [2.75, 3.05) is 12.8 Å². The molecule has 0 aliphatic heterocycles. The van der Waals surface area contributed by atoms with Gasteiger partial charge in [-0.05, 0) is 20.3 Å². The van der Waals surface area contributed by atoms with Gasteiger partial charge in [-0.15, -0.1) is 0 Å². The van der Waals surface area contributed by atoms with Crippen molar-refractivity contribution in [3.05, 3.63) is 6.33 Å². The monoisotopic (exact) mass is 235 g/mol. The lowest BCUT2D eigenvalue weighted by atomic mass is 10.0. The third-order valence-electron chi connectivity index (χ3n) is 3.10. The molecule has 92 valence electrons. The van der Waals surface area contributed by atoms with Crippen molar-refractivity contribution in [2.45, 2.75) is 32.7 Å². The molecule has 0 saturated carbocycles. The van der Waals surface area contributed by atoms with Crippen LogP contribution in [-0.2, 0) is 5.54 Å². The summed E-state index contributed by atoms with van der Waals surface area (Å²) >= 11 is 0. The molecule has 2 N–H and O–H groups in total. The highest BCUT2D eigenvalue weighted by Gasteiger charge is 2.25. The van der Waals surface area contributed by atoms with E-state index in [4.69, 9.17) is 10.5 Å². The van der Waals surface area contributed by atoms with Crippen molar-refractivity contribution in [3.63, 3.8) is 0 Å². The van der Waals surface area contributed by atoms with Crippen molar-refractivity contribution in [3.8, 4) is 5.88 Å². The molecule has 2 rings (SSSR count). The molecule has 6 nitrogen and oxygen atoms in total. The molecule has 0 bridgehead atoms. The zero-order chi connectivity index (χ0) is 12.6. The summed E-state index contributed by atoms with van der Waals surface area (Å²) in [6.07, 6.45) is 2.39. The fraction of sp³-hybridized carbons (Fsp3) is 0.545. The lowest BCUT2D eigenvalue weighted by Gasteiger charge is -2.26. The standard InChI is InChI=1S/C11H17N5O/c1-5-11(2,3)16-8-7(15-10(16)12)9(17-4)14-6-13-8/h6H,5H2,1-4H3,(H2,12,15). The number of aromatic nitrogens is 4. The number of nitrogens with zero attached hydrogens (tertiary/aromatic N) is 4. The molecule has 0 aliphatic rings. The van der Waals surface area contributed by atoms with Gasteiger partial charge in [0, 0.05) is 5.54 Å². The number of anilines is 1. The molecule has 0 unspecified atom stereocenters. The Balaban J connectivity index is 2.77. The Morgan fingerprint density at radius 2 is 2.12 bits per heavy atom. The molecule has 0 fully saturated rings. The van der Waals surface area contributed by atoms with Crippen LogP contribution in [0.4, 0.5) is 5.95 Å². The van der Waals surface area contributed by atoms with Gasteiger partial charge >= 0.3 is 0 Å². The molecule has 2 aromatic heterocycles. The predicted octanol–water partition coefficient (Wildman–Crippen LogP) is 1.56. The van der Waals surface area contributed by atoms with E-state index in [1.807, 2.05) is 4.57 Å². The fourth-order valence-electron chi connectivity index (χ4n) is 1.79. The summed E-state index contributed by atoms with van der Waals surface area (Å²) in [5.74, 6) is 0.887. The molecule has 17 heavy (non-hydrogen) atoms. The SMILES string of the molecule is CCC(C)(C)n1c(N)nc2c(OC)ncnc21. The molecular weight excluding hydrogens is 218 g/mol. The van der Waals surface area contributed by atoms with Crippen LogP contribution in [0.15, 0.2) is 6.33 Å². The van der Waals surface area contributed by atoms with Gasteiger partial charge < -0.3 is 10.5 Å². The first-order valence-corrected chi connectivity index (χ1v) is 5.54. The molecule has 0 aromatic carbocycles. The maximum atomic E-state index is 5.97. The second-order valence-electron chi connectivity index (χ2n) is 4.53. The van der Waals surface area contributed by atoms with E-state index in [9.17, 15) is 0 Å². The topological polar surface area (TPSA) is 78.9 Å². The summed E-state index contributed by atoms with van der Waals surface area (Å²) in [7, 11) is 1.56. The minimum atomic E-state index is -0.141. The molecule has 0 radical (unpaired) electrons. The minimum absolute atomic E-state index is 0.141. The summed E-state index contributed by atoms with van der Waals surface area (Å²) in [5, 5.41) is 0. The average Bonchev–Trinajstić information content (AvgIpc) is 2.65. The smallest absolute Gasteiger partial charge is 0.245 e.